The fourth-order valence-corrected chi connectivity index (χ4v) is 2.75. The van der Waals surface area contributed by atoms with Gasteiger partial charge in [-0.2, -0.15) is 5.10 Å². The van der Waals surface area contributed by atoms with Crippen LogP contribution in [0.15, 0.2) is 18.9 Å². The van der Waals surface area contributed by atoms with Gasteiger partial charge in [0.25, 0.3) is 0 Å². The molecule has 3 heterocycles. The minimum atomic E-state index is 0.111. The van der Waals surface area contributed by atoms with Crippen LogP contribution in [0.25, 0.3) is 0 Å². The lowest BCUT2D eigenvalue weighted by molar-refractivity contribution is -0.122. The van der Waals surface area contributed by atoms with Crippen LogP contribution in [0.1, 0.15) is 30.8 Å². The monoisotopic (exact) mass is 288 g/mol. The van der Waals surface area contributed by atoms with E-state index in [1.54, 1.807) is 11.0 Å². The van der Waals surface area contributed by atoms with Crippen LogP contribution < -0.4 is 5.32 Å². The highest BCUT2D eigenvalue weighted by Crippen LogP contribution is 2.15. The molecule has 0 radical (unpaired) electrons. The molecular formula is C14H20N6O. The molecule has 0 fully saturated rings. The summed E-state index contributed by atoms with van der Waals surface area (Å²) >= 11 is 0. The highest BCUT2D eigenvalue weighted by atomic mass is 16.1. The average molecular weight is 288 g/mol. The zero-order chi connectivity index (χ0) is 14.7. The minimum absolute atomic E-state index is 0.111. The fourth-order valence-electron chi connectivity index (χ4n) is 2.75. The molecule has 0 aliphatic carbocycles. The second-order valence-corrected chi connectivity index (χ2v) is 5.52. The molecule has 0 saturated heterocycles. The summed E-state index contributed by atoms with van der Waals surface area (Å²) in [7, 11) is 0. The Morgan fingerprint density at radius 1 is 1.52 bits per heavy atom. The van der Waals surface area contributed by atoms with Gasteiger partial charge in [-0.05, 0) is 19.8 Å². The van der Waals surface area contributed by atoms with Gasteiger partial charge in [0, 0.05) is 38.2 Å². The highest BCUT2D eigenvalue weighted by Gasteiger charge is 2.20. The summed E-state index contributed by atoms with van der Waals surface area (Å²) in [6, 6.07) is 0.213. The van der Waals surface area contributed by atoms with E-state index in [0.29, 0.717) is 6.42 Å². The second-order valence-electron chi connectivity index (χ2n) is 5.52. The molecule has 0 unspecified atom stereocenters. The first kappa shape index (κ1) is 13.8. The number of aromatic nitrogens is 5. The summed E-state index contributed by atoms with van der Waals surface area (Å²) in [5.41, 5.74) is 1.05. The van der Waals surface area contributed by atoms with Crippen molar-refractivity contribution in [3.05, 3.63) is 30.4 Å². The van der Waals surface area contributed by atoms with E-state index in [1.165, 1.54) is 6.33 Å². The van der Waals surface area contributed by atoms with Crippen molar-refractivity contribution in [2.75, 3.05) is 0 Å². The largest absolute Gasteiger partial charge is 0.352 e. The predicted molar refractivity (Wildman–Crippen MR) is 76.5 cm³/mol. The van der Waals surface area contributed by atoms with Crippen molar-refractivity contribution in [3.63, 3.8) is 0 Å². The summed E-state index contributed by atoms with van der Waals surface area (Å²) < 4.78 is 3.90. The lowest BCUT2D eigenvalue weighted by Crippen LogP contribution is -2.40. The predicted octanol–water partition coefficient (Wildman–Crippen LogP) is 0.694. The number of amides is 1. The number of aryl methyl sites for hydroxylation is 3. The SMILES string of the molecule is Cc1cn2c(n1)CC[C@H](NC(=O)CCCn1cncn1)C2. The Hall–Kier alpha value is -2.18. The normalized spacial score (nSPS) is 17.5. The Kier molecular flexibility index (Phi) is 3.98. The smallest absolute Gasteiger partial charge is 0.220 e. The molecule has 7 nitrogen and oxygen atoms in total. The van der Waals surface area contributed by atoms with E-state index in [0.717, 1.165) is 43.9 Å². The topological polar surface area (TPSA) is 77.6 Å². The highest BCUT2D eigenvalue weighted by molar-refractivity contribution is 5.76. The molecule has 0 bridgehead atoms. The maximum absolute atomic E-state index is 12.0. The lowest BCUT2D eigenvalue weighted by Gasteiger charge is -2.24. The van der Waals surface area contributed by atoms with Crippen molar-refractivity contribution >= 4 is 5.91 Å². The molecule has 1 amide bonds. The summed E-state index contributed by atoms with van der Waals surface area (Å²) in [4.78, 5) is 20.3. The summed E-state index contributed by atoms with van der Waals surface area (Å²) in [5, 5.41) is 7.14. The number of carbonyl (C=O) groups excluding carboxylic acids is 1. The van der Waals surface area contributed by atoms with Crippen LogP contribution in [-0.2, 0) is 24.3 Å². The van der Waals surface area contributed by atoms with E-state index in [2.05, 4.69) is 31.1 Å². The Balaban J connectivity index is 1.43. The van der Waals surface area contributed by atoms with Gasteiger partial charge in [0.2, 0.25) is 5.91 Å². The van der Waals surface area contributed by atoms with Crippen LogP contribution >= 0.6 is 0 Å². The Morgan fingerprint density at radius 2 is 2.43 bits per heavy atom. The third-order valence-corrected chi connectivity index (χ3v) is 3.74. The van der Waals surface area contributed by atoms with Crippen molar-refractivity contribution in [2.45, 2.75) is 51.7 Å². The van der Waals surface area contributed by atoms with Crippen molar-refractivity contribution in [2.24, 2.45) is 0 Å². The maximum atomic E-state index is 12.0. The lowest BCUT2D eigenvalue weighted by atomic mass is 10.1. The molecule has 0 spiro atoms. The van der Waals surface area contributed by atoms with Crippen LogP contribution in [0.4, 0.5) is 0 Å². The molecule has 0 saturated carbocycles. The molecule has 0 aromatic carbocycles. The van der Waals surface area contributed by atoms with Gasteiger partial charge >= 0.3 is 0 Å². The zero-order valence-electron chi connectivity index (χ0n) is 12.2. The molecule has 7 heteroatoms. The van der Waals surface area contributed by atoms with Crippen molar-refractivity contribution in [1.82, 2.24) is 29.6 Å². The average Bonchev–Trinajstić information content (AvgIpc) is 3.06. The van der Waals surface area contributed by atoms with Crippen LogP contribution in [0.2, 0.25) is 0 Å². The quantitative estimate of drug-likeness (QED) is 0.878. The molecule has 112 valence electrons. The number of nitrogens with zero attached hydrogens (tertiary/aromatic N) is 5. The van der Waals surface area contributed by atoms with Gasteiger partial charge in [-0.15, -0.1) is 0 Å². The van der Waals surface area contributed by atoms with E-state index in [-0.39, 0.29) is 11.9 Å². The van der Waals surface area contributed by atoms with Gasteiger partial charge < -0.3 is 9.88 Å². The fraction of sp³-hybridized carbons (Fsp3) is 0.571. The first-order valence-electron chi connectivity index (χ1n) is 7.35. The molecule has 3 rings (SSSR count). The molecule has 1 aliphatic heterocycles. The van der Waals surface area contributed by atoms with Crippen molar-refractivity contribution in [3.8, 4) is 0 Å². The van der Waals surface area contributed by atoms with Gasteiger partial charge in [0.15, 0.2) is 0 Å². The van der Waals surface area contributed by atoms with Crippen LogP contribution in [0, 0.1) is 6.92 Å². The van der Waals surface area contributed by atoms with Gasteiger partial charge in [-0.1, -0.05) is 0 Å². The Bertz CT molecular complexity index is 603. The van der Waals surface area contributed by atoms with E-state index >= 15 is 0 Å². The number of nitrogens with one attached hydrogen (secondary N) is 1. The Labute approximate surface area is 123 Å². The molecule has 1 atom stereocenters. The number of hydrogen-bond acceptors (Lipinski definition) is 4. The second kappa shape index (κ2) is 6.07. The molecule has 1 aliphatic rings. The Morgan fingerprint density at radius 3 is 3.24 bits per heavy atom. The number of carbonyl (C=O) groups is 1. The number of imidazole rings is 1. The van der Waals surface area contributed by atoms with Gasteiger partial charge in [0.05, 0.1) is 5.69 Å². The van der Waals surface area contributed by atoms with Crippen LogP contribution in [0.3, 0.4) is 0 Å². The van der Waals surface area contributed by atoms with E-state index in [4.69, 9.17) is 0 Å². The molecule has 1 N–H and O–H groups in total. The summed E-state index contributed by atoms with van der Waals surface area (Å²) in [6.07, 6.45) is 8.42. The van der Waals surface area contributed by atoms with Crippen molar-refractivity contribution < 1.29 is 4.79 Å². The molecule has 21 heavy (non-hydrogen) atoms. The van der Waals surface area contributed by atoms with Gasteiger partial charge in [-0.25, -0.2) is 9.97 Å². The molecule has 2 aromatic heterocycles. The molecule has 2 aromatic rings. The first-order valence-corrected chi connectivity index (χ1v) is 7.35. The number of fused-ring (bicyclic) bond motifs is 1. The first-order chi connectivity index (χ1) is 10.2. The number of rotatable bonds is 5. The van der Waals surface area contributed by atoms with Gasteiger partial charge in [-0.3, -0.25) is 9.48 Å². The summed E-state index contributed by atoms with van der Waals surface area (Å²) in [5.74, 6) is 1.24. The van der Waals surface area contributed by atoms with Gasteiger partial charge in [0.1, 0.15) is 18.5 Å². The third kappa shape index (κ3) is 3.48. The van der Waals surface area contributed by atoms with E-state index in [1.807, 2.05) is 6.92 Å². The maximum Gasteiger partial charge on any atom is 0.220 e. The third-order valence-electron chi connectivity index (χ3n) is 3.74. The number of hydrogen-bond donors (Lipinski definition) is 1. The van der Waals surface area contributed by atoms with E-state index < -0.39 is 0 Å². The molecular weight excluding hydrogens is 268 g/mol. The van der Waals surface area contributed by atoms with Crippen molar-refractivity contribution in [1.29, 1.82) is 0 Å². The van der Waals surface area contributed by atoms with Crippen LogP contribution in [-0.4, -0.2) is 36.3 Å². The summed E-state index contributed by atoms with van der Waals surface area (Å²) in [6.45, 7) is 3.55. The zero-order valence-corrected chi connectivity index (χ0v) is 12.2. The standard InChI is InChI=1S/C14H20N6O/c1-11-7-19-8-12(4-5-13(19)17-11)18-14(21)3-2-6-20-10-15-9-16-20/h7,9-10,12H,2-6,8H2,1H3,(H,18,21)/t12-/m0/s1. The minimum Gasteiger partial charge on any atom is -0.352 e. The van der Waals surface area contributed by atoms with E-state index in [9.17, 15) is 4.79 Å². The van der Waals surface area contributed by atoms with Crippen LogP contribution in [0.5, 0.6) is 0 Å².